The Morgan fingerprint density at radius 3 is 3.00 bits per heavy atom. The van der Waals surface area contributed by atoms with Crippen molar-refractivity contribution in [2.24, 2.45) is 0 Å². The number of aromatic nitrogens is 1. The van der Waals surface area contributed by atoms with Crippen LogP contribution in [0.3, 0.4) is 0 Å². The van der Waals surface area contributed by atoms with Crippen LogP contribution < -0.4 is 5.73 Å². The van der Waals surface area contributed by atoms with Crippen molar-refractivity contribution < 1.29 is 4.74 Å². The van der Waals surface area contributed by atoms with E-state index in [4.69, 9.17) is 10.5 Å². The lowest BCUT2D eigenvalue weighted by Crippen LogP contribution is -2.20. The standard InChI is InChI=1S/C18H18N2O/c19-15-6-5-14-7-9-20(17(14)11-15)12-18-16-4-2-1-3-13(16)8-10-21-18/h1-7,9,11,18H,8,10,12,19H2. The van der Waals surface area contributed by atoms with E-state index in [0.717, 1.165) is 25.3 Å². The van der Waals surface area contributed by atoms with E-state index in [9.17, 15) is 0 Å². The second-order valence-corrected chi connectivity index (χ2v) is 5.59. The molecule has 3 heteroatoms. The molecule has 1 atom stereocenters. The van der Waals surface area contributed by atoms with E-state index in [2.05, 4.69) is 47.2 Å². The van der Waals surface area contributed by atoms with Crippen LogP contribution in [0.4, 0.5) is 5.69 Å². The molecule has 1 aromatic heterocycles. The smallest absolute Gasteiger partial charge is 0.101 e. The maximum atomic E-state index is 6.00. The molecule has 0 fully saturated rings. The zero-order valence-electron chi connectivity index (χ0n) is 11.8. The quantitative estimate of drug-likeness (QED) is 0.728. The molecule has 3 aromatic rings. The Hall–Kier alpha value is -2.26. The number of anilines is 1. The highest BCUT2D eigenvalue weighted by Gasteiger charge is 2.21. The number of nitrogens with two attached hydrogens (primary N) is 1. The monoisotopic (exact) mass is 278 g/mol. The number of nitrogens with zero attached hydrogens (tertiary/aromatic N) is 1. The Labute approximate surface area is 123 Å². The molecule has 0 amide bonds. The van der Waals surface area contributed by atoms with Crippen molar-refractivity contribution in [2.45, 2.75) is 19.1 Å². The minimum absolute atomic E-state index is 0.118. The van der Waals surface area contributed by atoms with Crippen LogP contribution in [0.15, 0.2) is 54.7 Å². The Kier molecular flexibility index (Phi) is 2.93. The maximum absolute atomic E-state index is 6.00. The Balaban J connectivity index is 1.71. The number of hydrogen-bond acceptors (Lipinski definition) is 2. The van der Waals surface area contributed by atoms with Gasteiger partial charge in [-0.2, -0.15) is 0 Å². The fourth-order valence-electron chi connectivity index (χ4n) is 3.17. The van der Waals surface area contributed by atoms with E-state index in [-0.39, 0.29) is 6.10 Å². The van der Waals surface area contributed by atoms with Crippen molar-refractivity contribution >= 4 is 16.6 Å². The highest BCUT2D eigenvalue weighted by atomic mass is 16.5. The van der Waals surface area contributed by atoms with Gasteiger partial charge in [0.2, 0.25) is 0 Å². The van der Waals surface area contributed by atoms with Gasteiger partial charge in [0.25, 0.3) is 0 Å². The van der Waals surface area contributed by atoms with E-state index in [0.29, 0.717) is 0 Å². The molecule has 0 saturated heterocycles. The average molecular weight is 278 g/mol. The molecule has 1 aliphatic heterocycles. The van der Waals surface area contributed by atoms with E-state index in [1.807, 2.05) is 12.1 Å². The lowest BCUT2D eigenvalue weighted by Gasteiger charge is -2.26. The Bertz CT molecular complexity index is 791. The molecular formula is C18H18N2O. The largest absolute Gasteiger partial charge is 0.399 e. The third-order valence-corrected chi connectivity index (χ3v) is 4.25. The van der Waals surface area contributed by atoms with Gasteiger partial charge in [-0.3, -0.25) is 0 Å². The van der Waals surface area contributed by atoms with E-state index >= 15 is 0 Å². The molecule has 0 spiro atoms. The van der Waals surface area contributed by atoms with Crippen molar-refractivity contribution in [3.05, 3.63) is 65.9 Å². The first-order valence-electron chi connectivity index (χ1n) is 7.35. The third-order valence-electron chi connectivity index (χ3n) is 4.25. The predicted molar refractivity (Wildman–Crippen MR) is 85.2 cm³/mol. The van der Waals surface area contributed by atoms with Crippen LogP contribution >= 0.6 is 0 Å². The first-order chi connectivity index (χ1) is 10.3. The lowest BCUT2D eigenvalue weighted by molar-refractivity contribution is 0.0314. The van der Waals surface area contributed by atoms with E-state index in [1.54, 1.807) is 0 Å². The Morgan fingerprint density at radius 2 is 2.05 bits per heavy atom. The highest BCUT2D eigenvalue weighted by Crippen LogP contribution is 2.30. The fraction of sp³-hybridized carbons (Fsp3) is 0.222. The minimum atomic E-state index is 0.118. The predicted octanol–water partition coefficient (Wildman–Crippen LogP) is 3.54. The van der Waals surface area contributed by atoms with Gasteiger partial charge in [0.05, 0.1) is 18.7 Å². The van der Waals surface area contributed by atoms with Crippen molar-refractivity contribution in [3.8, 4) is 0 Å². The summed E-state index contributed by atoms with van der Waals surface area (Å²) >= 11 is 0. The van der Waals surface area contributed by atoms with Gasteiger partial charge in [0, 0.05) is 11.9 Å². The summed E-state index contributed by atoms with van der Waals surface area (Å²) in [5.74, 6) is 0. The van der Waals surface area contributed by atoms with Gasteiger partial charge in [0.1, 0.15) is 6.10 Å². The van der Waals surface area contributed by atoms with Crippen LogP contribution in [0, 0.1) is 0 Å². The van der Waals surface area contributed by atoms with Gasteiger partial charge >= 0.3 is 0 Å². The maximum Gasteiger partial charge on any atom is 0.101 e. The van der Waals surface area contributed by atoms with Crippen LogP contribution in [0.2, 0.25) is 0 Å². The number of benzene rings is 2. The highest BCUT2D eigenvalue weighted by molar-refractivity contribution is 5.83. The molecular weight excluding hydrogens is 260 g/mol. The van der Waals surface area contributed by atoms with Gasteiger partial charge < -0.3 is 15.0 Å². The zero-order valence-corrected chi connectivity index (χ0v) is 11.8. The van der Waals surface area contributed by atoms with Gasteiger partial charge in [0.15, 0.2) is 0 Å². The van der Waals surface area contributed by atoms with Crippen molar-refractivity contribution in [1.29, 1.82) is 0 Å². The molecule has 0 bridgehead atoms. The minimum Gasteiger partial charge on any atom is -0.399 e. The molecule has 2 aromatic carbocycles. The van der Waals surface area contributed by atoms with Crippen molar-refractivity contribution in [1.82, 2.24) is 4.57 Å². The first kappa shape index (κ1) is 12.5. The summed E-state index contributed by atoms with van der Waals surface area (Å²) in [5.41, 5.74) is 10.6. The second-order valence-electron chi connectivity index (χ2n) is 5.59. The summed E-state index contributed by atoms with van der Waals surface area (Å²) in [4.78, 5) is 0. The topological polar surface area (TPSA) is 40.2 Å². The van der Waals surface area contributed by atoms with Crippen molar-refractivity contribution in [2.75, 3.05) is 12.3 Å². The summed E-state index contributed by atoms with van der Waals surface area (Å²) in [6, 6.07) is 16.7. The molecule has 0 saturated carbocycles. The van der Waals surface area contributed by atoms with E-state index in [1.165, 1.54) is 22.0 Å². The summed E-state index contributed by atoms with van der Waals surface area (Å²) in [7, 11) is 0. The van der Waals surface area contributed by atoms with Gasteiger partial charge in [-0.05, 0) is 41.1 Å². The van der Waals surface area contributed by atoms with E-state index < -0.39 is 0 Å². The molecule has 2 heterocycles. The SMILES string of the molecule is Nc1ccc2ccn(CC3OCCc4ccccc43)c2c1. The summed E-state index contributed by atoms with van der Waals surface area (Å²) < 4.78 is 8.24. The molecule has 106 valence electrons. The molecule has 21 heavy (non-hydrogen) atoms. The van der Waals surface area contributed by atoms with Crippen LogP contribution in [0.1, 0.15) is 17.2 Å². The average Bonchev–Trinajstić information content (AvgIpc) is 2.90. The molecule has 1 aliphatic rings. The molecule has 3 nitrogen and oxygen atoms in total. The number of nitrogen functional groups attached to an aromatic ring is 1. The Morgan fingerprint density at radius 1 is 1.14 bits per heavy atom. The van der Waals surface area contributed by atoms with Crippen LogP contribution in [0.5, 0.6) is 0 Å². The first-order valence-corrected chi connectivity index (χ1v) is 7.35. The summed E-state index contributed by atoms with van der Waals surface area (Å²) in [6.07, 6.45) is 3.24. The second kappa shape index (κ2) is 4.93. The lowest BCUT2D eigenvalue weighted by atomic mass is 9.97. The van der Waals surface area contributed by atoms with Crippen LogP contribution in [-0.4, -0.2) is 11.2 Å². The van der Waals surface area contributed by atoms with Crippen LogP contribution in [0.25, 0.3) is 10.9 Å². The number of rotatable bonds is 2. The normalized spacial score (nSPS) is 17.8. The number of ether oxygens (including phenoxy) is 1. The third kappa shape index (κ3) is 2.20. The molecule has 2 N–H and O–H groups in total. The molecule has 1 unspecified atom stereocenters. The fourth-order valence-corrected chi connectivity index (χ4v) is 3.17. The van der Waals surface area contributed by atoms with Crippen molar-refractivity contribution in [3.63, 3.8) is 0 Å². The summed E-state index contributed by atoms with van der Waals surface area (Å²) in [6.45, 7) is 1.62. The van der Waals surface area contributed by atoms with Crippen LogP contribution in [-0.2, 0) is 17.7 Å². The number of fused-ring (bicyclic) bond motifs is 2. The van der Waals surface area contributed by atoms with Gasteiger partial charge in [-0.15, -0.1) is 0 Å². The van der Waals surface area contributed by atoms with Gasteiger partial charge in [-0.25, -0.2) is 0 Å². The number of hydrogen-bond donors (Lipinski definition) is 1. The molecule has 4 rings (SSSR count). The zero-order chi connectivity index (χ0) is 14.2. The summed E-state index contributed by atoms with van der Waals surface area (Å²) in [5, 5.41) is 1.22. The molecule has 0 aliphatic carbocycles. The molecule has 0 radical (unpaired) electrons. The van der Waals surface area contributed by atoms with Gasteiger partial charge in [-0.1, -0.05) is 30.3 Å².